The first-order chi connectivity index (χ1) is 10.3. The Labute approximate surface area is 125 Å². The largest absolute Gasteiger partial charge is 0.395 e. The summed E-state index contributed by atoms with van der Waals surface area (Å²) in [7, 11) is 0. The third kappa shape index (κ3) is 5.22. The molecule has 1 heterocycles. The summed E-state index contributed by atoms with van der Waals surface area (Å²) >= 11 is 0. The Morgan fingerprint density at radius 2 is 2.19 bits per heavy atom. The van der Waals surface area contributed by atoms with Crippen molar-refractivity contribution >= 4 is 5.91 Å². The van der Waals surface area contributed by atoms with E-state index < -0.39 is 0 Å². The van der Waals surface area contributed by atoms with Crippen molar-refractivity contribution in [3.8, 4) is 11.8 Å². The minimum Gasteiger partial charge on any atom is -0.395 e. The molecule has 1 atom stereocenters. The molecule has 1 aromatic rings. The molecule has 1 aliphatic rings. The van der Waals surface area contributed by atoms with Gasteiger partial charge in [0.25, 0.3) is 0 Å². The lowest BCUT2D eigenvalue weighted by molar-refractivity contribution is -0.129. The van der Waals surface area contributed by atoms with E-state index in [1.165, 1.54) is 0 Å². The van der Waals surface area contributed by atoms with E-state index in [2.05, 4.69) is 17.2 Å². The summed E-state index contributed by atoms with van der Waals surface area (Å²) in [6, 6.07) is 7.77. The summed E-state index contributed by atoms with van der Waals surface area (Å²) in [5.41, 5.74) is 1.96. The summed E-state index contributed by atoms with van der Waals surface area (Å²) in [6.07, 6.45) is 2.35. The summed E-state index contributed by atoms with van der Waals surface area (Å²) in [6.45, 7) is 1.91. The Kier molecular flexibility index (Phi) is 6.26. The van der Waals surface area contributed by atoms with Gasteiger partial charge in [-0.15, -0.1) is 0 Å². The number of carbonyl (C=O) groups excluding carboxylic acids is 1. The van der Waals surface area contributed by atoms with Gasteiger partial charge < -0.3 is 15.2 Å². The number of hydrogen-bond acceptors (Lipinski definition) is 3. The predicted octanol–water partition coefficient (Wildman–Crippen LogP) is 1.46. The maximum Gasteiger partial charge on any atom is 0.225 e. The first kappa shape index (κ1) is 15.6. The highest BCUT2D eigenvalue weighted by atomic mass is 16.5. The van der Waals surface area contributed by atoms with E-state index in [-0.39, 0.29) is 18.4 Å². The highest BCUT2D eigenvalue weighted by Gasteiger charge is 2.21. The second kappa shape index (κ2) is 8.46. The van der Waals surface area contributed by atoms with E-state index in [0.29, 0.717) is 19.6 Å². The van der Waals surface area contributed by atoms with Gasteiger partial charge in [-0.2, -0.15) is 0 Å². The Morgan fingerprint density at radius 3 is 2.86 bits per heavy atom. The number of benzene rings is 1. The lowest BCUT2D eigenvalue weighted by Gasteiger charge is -2.21. The topological polar surface area (TPSA) is 58.6 Å². The van der Waals surface area contributed by atoms with E-state index >= 15 is 0 Å². The molecule has 1 fully saturated rings. The Balaban J connectivity index is 1.80. The van der Waals surface area contributed by atoms with Gasteiger partial charge in [0.05, 0.1) is 19.1 Å². The molecule has 2 rings (SSSR count). The van der Waals surface area contributed by atoms with Crippen molar-refractivity contribution in [2.75, 3.05) is 19.8 Å². The highest BCUT2D eigenvalue weighted by Crippen LogP contribution is 2.13. The molecule has 0 bridgehead atoms. The van der Waals surface area contributed by atoms with Crippen LogP contribution in [-0.2, 0) is 16.1 Å². The SMILES string of the molecule is O=C(NCc1ccc(C#CCCO)cc1)C1CCCOC1. The van der Waals surface area contributed by atoms with E-state index in [9.17, 15) is 4.79 Å². The van der Waals surface area contributed by atoms with Crippen LogP contribution in [0.4, 0.5) is 0 Å². The molecule has 0 saturated carbocycles. The molecule has 0 aliphatic carbocycles. The van der Waals surface area contributed by atoms with Crippen molar-refractivity contribution in [3.05, 3.63) is 35.4 Å². The van der Waals surface area contributed by atoms with Crippen molar-refractivity contribution in [2.45, 2.75) is 25.8 Å². The summed E-state index contributed by atoms with van der Waals surface area (Å²) in [4.78, 5) is 12.0. The lowest BCUT2D eigenvalue weighted by Crippen LogP contribution is -2.35. The zero-order chi connectivity index (χ0) is 14.9. The molecule has 1 amide bonds. The molecule has 1 aromatic carbocycles. The number of ether oxygens (including phenoxy) is 1. The third-order valence-corrected chi connectivity index (χ3v) is 3.42. The molecule has 1 unspecified atom stereocenters. The average molecular weight is 287 g/mol. The third-order valence-electron chi connectivity index (χ3n) is 3.42. The van der Waals surface area contributed by atoms with Crippen LogP contribution in [0.15, 0.2) is 24.3 Å². The molecular formula is C17H21NO3. The molecule has 21 heavy (non-hydrogen) atoms. The maximum absolute atomic E-state index is 12.0. The van der Waals surface area contributed by atoms with Crippen molar-refractivity contribution in [3.63, 3.8) is 0 Å². The van der Waals surface area contributed by atoms with Gasteiger partial charge in [0.15, 0.2) is 0 Å². The minimum atomic E-state index is -0.0117. The Bertz CT molecular complexity index is 507. The predicted molar refractivity (Wildman–Crippen MR) is 80.4 cm³/mol. The number of amides is 1. The molecule has 1 aliphatic heterocycles. The van der Waals surface area contributed by atoms with Gasteiger partial charge in [-0.1, -0.05) is 24.0 Å². The van der Waals surface area contributed by atoms with Crippen molar-refractivity contribution < 1.29 is 14.6 Å². The Hall–Kier alpha value is -1.83. The van der Waals surface area contributed by atoms with E-state index in [1.807, 2.05) is 24.3 Å². The number of aliphatic hydroxyl groups excluding tert-OH is 1. The van der Waals surface area contributed by atoms with Gasteiger partial charge in [0, 0.05) is 25.1 Å². The van der Waals surface area contributed by atoms with Crippen LogP contribution in [0.1, 0.15) is 30.4 Å². The van der Waals surface area contributed by atoms with Crippen LogP contribution in [0.5, 0.6) is 0 Å². The molecule has 1 saturated heterocycles. The molecule has 2 N–H and O–H groups in total. The second-order valence-electron chi connectivity index (χ2n) is 5.10. The normalized spacial score (nSPS) is 17.7. The monoisotopic (exact) mass is 287 g/mol. The highest BCUT2D eigenvalue weighted by molar-refractivity contribution is 5.78. The van der Waals surface area contributed by atoms with Crippen LogP contribution in [0.25, 0.3) is 0 Å². The first-order valence-corrected chi connectivity index (χ1v) is 7.33. The van der Waals surface area contributed by atoms with Crippen LogP contribution in [0, 0.1) is 17.8 Å². The zero-order valence-electron chi connectivity index (χ0n) is 12.1. The molecule has 112 valence electrons. The quantitative estimate of drug-likeness (QED) is 0.824. The smallest absolute Gasteiger partial charge is 0.225 e. The summed E-state index contributed by atoms with van der Waals surface area (Å²) in [5.74, 6) is 5.92. The van der Waals surface area contributed by atoms with Gasteiger partial charge >= 0.3 is 0 Å². The number of hydrogen-bond donors (Lipinski definition) is 2. The van der Waals surface area contributed by atoms with Crippen LogP contribution >= 0.6 is 0 Å². The number of carbonyl (C=O) groups is 1. The van der Waals surface area contributed by atoms with Gasteiger partial charge in [-0.25, -0.2) is 0 Å². The fourth-order valence-corrected chi connectivity index (χ4v) is 2.21. The van der Waals surface area contributed by atoms with Gasteiger partial charge in [-0.3, -0.25) is 4.79 Å². The van der Waals surface area contributed by atoms with Crippen molar-refractivity contribution in [2.24, 2.45) is 5.92 Å². The van der Waals surface area contributed by atoms with Crippen LogP contribution in [-0.4, -0.2) is 30.8 Å². The van der Waals surface area contributed by atoms with E-state index in [4.69, 9.17) is 9.84 Å². The standard InChI is InChI=1S/C17H21NO3/c19-10-2-1-4-14-6-8-15(9-7-14)12-18-17(20)16-5-3-11-21-13-16/h6-9,16,19H,2-3,5,10-13H2,(H,18,20). The van der Waals surface area contributed by atoms with E-state index in [1.54, 1.807) is 0 Å². The molecule has 4 nitrogen and oxygen atoms in total. The second-order valence-corrected chi connectivity index (χ2v) is 5.10. The van der Waals surface area contributed by atoms with Gasteiger partial charge in [0.1, 0.15) is 0 Å². The van der Waals surface area contributed by atoms with Gasteiger partial charge in [0.2, 0.25) is 5.91 Å². The number of rotatable bonds is 4. The van der Waals surface area contributed by atoms with Crippen LogP contribution in [0.2, 0.25) is 0 Å². The number of nitrogens with one attached hydrogen (secondary N) is 1. The lowest BCUT2D eigenvalue weighted by atomic mass is 10.0. The van der Waals surface area contributed by atoms with Crippen molar-refractivity contribution in [1.82, 2.24) is 5.32 Å². The average Bonchev–Trinajstić information content (AvgIpc) is 2.55. The maximum atomic E-state index is 12.0. The summed E-state index contributed by atoms with van der Waals surface area (Å²) in [5, 5.41) is 11.6. The fraction of sp³-hybridized carbons (Fsp3) is 0.471. The van der Waals surface area contributed by atoms with E-state index in [0.717, 1.165) is 30.6 Å². The molecule has 0 spiro atoms. The van der Waals surface area contributed by atoms with Gasteiger partial charge in [-0.05, 0) is 30.5 Å². The molecule has 0 aromatic heterocycles. The molecular weight excluding hydrogens is 266 g/mol. The fourth-order valence-electron chi connectivity index (χ4n) is 2.21. The number of aliphatic hydroxyl groups is 1. The van der Waals surface area contributed by atoms with Crippen LogP contribution in [0.3, 0.4) is 0 Å². The first-order valence-electron chi connectivity index (χ1n) is 7.33. The summed E-state index contributed by atoms with van der Waals surface area (Å²) < 4.78 is 5.32. The molecule has 0 radical (unpaired) electrons. The Morgan fingerprint density at radius 1 is 1.38 bits per heavy atom. The zero-order valence-corrected chi connectivity index (χ0v) is 12.1. The minimum absolute atomic E-state index is 0.0117. The van der Waals surface area contributed by atoms with Crippen molar-refractivity contribution in [1.29, 1.82) is 0 Å². The van der Waals surface area contributed by atoms with Crippen LogP contribution < -0.4 is 5.32 Å². The molecule has 4 heteroatoms.